The molecule has 4 rings (SSSR count). The van der Waals surface area contributed by atoms with Crippen LogP contribution in [0.4, 0.5) is 9.18 Å². The zero-order valence-corrected chi connectivity index (χ0v) is 18.1. The van der Waals surface area contributed by atoms with Gasteiger partial charge in [0.05, 0.1) is 11.4 Å². The van der Waals surface area contributed by atoms with Gasteiger partial charge in [0, 0.05) is 0 Å². The second kappa shape index (κ2) is 8.97. The first-order valence-corrected chi connectivity index (χ1v) is 11.6. The Kier molecular flexibility index (Phi) is 6.11. The summed E-state index contributed by atoms with van der Waals surface area (Å²) >= 11 is 0.780. The average Bonchev–Trinajstić information content (AvgIpc) is 3.03. The number of carbonyl (C=O) groups excluding carboxylic acids is 2. The van der Waals surface area contributed by atoms with Crippen LogP contribution in [-0.2, 0) is 21.5 Å². The van der Waals surface area contributed by atoms with Crippen LogP contribution in [0.25, 0.3) is 6.08 Å². The zero-order valence-electron chi connectivity index (χ0n) is 16.5. The summed E-state index contributed by atoms with van der Waals surface area (Å²) in [6.45, 7) is 0.0285. The van der Waals surface area contributed by atoms with Gasteiger partial charge < -0.3 is 4.18 Å². The van der Waals surface area contributed by atoms with Gasteiger partial charge in [0.25, 0.3) is 11.1 Å². The Morgan fingerprint density at radius 1 is 0.938 bits per heavy atom. The van der Waals surface area contributed by atoms with Gasteiger partial charge in [-0.05, 0) is 65.4 Å². The smallest absolute Gasteiger partial charge is 0.339 e. The van der Waals surface area contributed by atoms with Crippen molar-refractivity contribution in [2.45, 2.75) is 11.4 Å². The minimum atomic E-state index is -4.01. The largest absolute Gasteiger partial charge is 0.379 e. The quantitative estimate of drug-likeness (QED) is 0.380. The normalized spacial score (nSPS) is 15.4. The van der Waals surface area contributed by atoms with E-state index in [1.54, 1.807) is 30.3 Å². The van der Waals surface area contributed by atoms with Gasteiger partial charge in [-0.1, -0.05) is 42.5 Å². The lowest BCUT2D eigenvalue weighted by Crippen LogP contribution is -2.27. The second-order valence-corrected chi connectivity index (χ2v) is 9.36. The third-order valence-corrected chi connectivity index (χ3v) is 6.69. The average molecular weight is 470 g/mol. The summed E-state index contributed by atoms with van der Waals surface area (Å²) in [7, 11) is -4.01. The van der Waals surface area contributed by atoms with Crippen molar-refractivity contribution in [3.8, 4) is 5.75 Å². The Labute approximate surface area is 188 Å². The minimum Gasteiger partial charge on any atom is -0.379 e. The van der Waals surface area contributed by atoms with Gasteiger partial charge in [0.2, 0.25) is 0 Å². The first-order chi connectivity index (χ1) is 15.3. The molecule has 9 heteroatoms. The molecule has 6 nitrogen and oxygen atoms in total. The van der Waals surface area contributed by atoms with E-state index in [-0.39, 0.29) is 22.1 Å². The summed E-state index contributed by atoms with van der Waals surface area (Å²) in [5.74, 6) is -0.806. The number of rotatable bonds is 6. The van der Waals surface area contributed by atoms with Crippen LogP contribution in [0.3, 0.4) is 0 Å². The first kappa shape index (κ1) is 21.8. The highest BCUT2D eigenvalue weighted by atomic mass is 32.2. The lowest BCUT2D eigenvalue weighted by molar-refractivity contribution is -0.123. The van der Waals surface area contributed by atoms with E-state index in [1.807, 2.05) is 0 Å². The van der Waals surface area contributed by atoms with Crippen LogP contribution >= 0.6 is 11.8 Å². The molecule has 0 spiro atoms. The monoisotopic (exact) mass is 469 g/mol. The number of halogens is 1. The first-order valence-electron chi connectivity index (χ1n) is 9.41. The molecule has 0 bridgehead atoms. The van der Waals surface area contributed by atoms with E-state index in [1.165, 1.54) is 54.6 Å². The summed E-state index contributed by atoms with van der Waals surface area (Å²) in [6.07, 6.45) is 1.50. The third-order valence-electron chi connectivity index (χ3n) is 4.52. The molecule has 0 saturated carbocycles. The topological polar surface area (TPSA) is 80.8 Å². The fraction of sp³-hybridized carbons (Fsp3) is 0.0435. The van der Waals surface area contributed by atoms with Crippen molar-refractivity contribution < 1.29 is 26.6 Å². The van der Waals surface area contributed by atoms with Crippen molar-refractivity contribution in [1.82, 2.24) is 4.90 Å². The number of imide groups is 1. The lowest BCUT2D eigenvalue weighted by atomic mass is 10.2. The van der Waals surface area contributed by atoms with Crippen LogP contribution in [0.1, 0.15) is 11.1 Å². The number of amides is 2. The number of thioether (sulfide) groups is 1. The van der Waals surface area contributed by atoms with E-state index in [9.17, 15) is 22.4 Å². The minimum absolute atomic E-state index is 0.0207. The maximum absolute atomic E-state index is 13.1. The highest BCUT2D eigenvalue weighted by Crippen LogP contribution is 2.34. The molecular formula is C23H16FNO5S2. The molecule has 0 radical (unpaired) electrons. The zero-order chi connectivity index (χ0) is 22.7. The van der Waals surface area contributed by atoms with Crippen molar-refractivity contribution in [3.05, 3.63) is 101 Å². The molecule has 0 aliphatic carbocycles. The molecule has 1 fully saturated rings. The molecule has 1 aliphatic rings. The van der Waals surface area contributed by atoms with Gasteiger partial charge in [-0.25, -0.2) is 4.39 Å². The Bertz CT molecular complexity index is 1310. The van der Waals surface area contributed by atoms with Crippen molar-refractivity contribution in [2.24, 2.45) is 0 Å². The molecule has 0 atom stereocenters. The summed E-state index contributed by atoms with van der Waals surface area (Å²) in [6, 6.07) is 19.5. The SMILES string of the molecule is O=C1S/C(=C\c2cccc(OS(=O)(=O)c3ccccc3)c2)C(=O)N1Cc1ccc(F)cc1. The van der Waals surface area contributed by atoms with Crippen LogP contribution in [-0.4, -0.2) is 24.5 Å². The molecule has 0 N–H and O–H groups in total. The van der Waals surface area contributed by atoms with E-state index in [0.717, 1.165) is 16.7 Å². The number of nitrogens with zero attached hydrogens (tertiary/aromatic N) is 1. The molecule has 0 aromatic heterocycles. The molecular weight excluding hydrogens is 453 g/mol. The number of benzene rings is 3. The van der Waals surface area contributed by atoms with E-state index in [2.05, 4.69) is 0 Å². The van der Waals surface area contributed by atoms with Crippen LogP contribution in [0.2, 0.25) is 0 Å². The van der Waals surface area contributed by atoms with E-state index >= 15 is 0 Å². The summed E-state index contributed by atoms with van der Waals surface area (Å²) < 4.78 is 43.1. The van der Waals surface area contributed by atoms with Gasteiger partial charge in [0.1, 0.15) is 16.5 Å². The van der Waals surface area contributed by atoms with E-state index in [0.29, 0.717) is 11.1 Å². The van der Waals surface area contributed by atoms with Crippen LogP contribution in [0.15, 0.2) is 88.7 Å². The Balaban J connectivity index is 1.52. The molecule has 32 heavy (non-hydrogen) atoms. The molecule has 0 unspecified atom stereocenters. The van der Waals surface area contributed by atoms with Crippen molar-refractivity contribution in [1.29, 1.82) is 0 Å². The molecule has 1 saturated heterocycles. The van der Waals surface area contributed by atoms with Gasteiger partial charge in [0.15, 0.2) is 0 Å². The van der Waals surface area contributed by atoms with Crippen LogP contribution < -0.4 is 4.18 Å². The fourth-order valence-corrected chi connectivity index (χ4v) is 4.76. The van der Waals surface area contributed by atoms with Crippen LogP contribution in [0.5, 0.6) is 5.75 Å². The maximum Gasteiger partial charge on any atom is 0.339 e. The summed E-state index contributed by atoms with van der Waals surface area (Å²) in [5.41, 5.74) is 1.12. The fourth-order valence-electron chi connectivity index (χ4n) is 2.98. The summed E-state index contributed by atoms with van der Waals surface area (Å²) in [5, 5.41) is -0.440. The molecule has 162 valence electrons. The standard InChI is InChI=1S/C23H16FNO5S2/c24-18-11-9-16(10-12-18)15-25-22(26)21(31-23(25)27)14-17-5-4-6-19(13-17)30-32(28,29)20-7-2-1-3-8-20/h1-14H,15H2/b21-14-. The van der Waals surface area contributed by atoms with E-state index < -0.39 is 27.1 Å². The van der Waals surface area contributed by atoms with Crippen LogP contribution in [0, 0.1) is 5.82 Å². The molecule has 3 aromatic rings. The van der Waals surface area contributed by atoms with Crippen molar-refractivity contribution in [2.75, 3.05) is 0 Å². The maximum atomic E-state index is 13.1. The van der Waals surface area contributed by atoms with Gasteiger partial charge in [-0.2, -0.15) is 8.42 Å². The highest BCUT2D eigenvalue weighted by molar-refractivity contribution is 8.18. The number of hydrogen-bond acceptors (Lipinski definition) is 6. The van der Waals surface area contributed by atoms with Gasteiger partial charge in [-0.15, -0.1) is 0 Å². The molecule has 3 aromatic carbocycles. The Hall–Kier alpha value is -3.43. The van der Waals surface area contributed by atoms with Crippen molar-refractivity contribution in [3.63, 3.8) is 0 Å². The summed E-state index contributed by atoms with van der Waals surface area (Å²) in [4.78, 5) is 26.3. The van der Waals surface area contributed by atoms with E-state index in [4.69, 9.17) is 4.18 Å². The Morgan fingerprint density at radius 2 is 1.66 bits per heavy atom. The predicted octanol–water partition coefficient (Wildman–Crippen LogP) is 4.83. The number of carbonyl (C=O) groups is 2. The van der Waals surface area contributed by atoms with Gasteiger partial charge in [-0.3, -0.25) is 14.5 Å². The predicted molar refractivity (Wildman–Crippen MR) is 119 cm³/mol. The second-order valence-electron chi connectivity index (χ2n) is 6.82. The third kappa shape index (κ3) is 4.90. The van der Waals surface area contributed by atoms with Crippen molar-refractivity contribution >= 4 is 39.1 Å². The lowest BCUT2D eigenvalue weighted by Gasteiger charge is -2.12. The molecule has 1 aliphatic heterocycles. The molecule has 2 amide bonds. The van der Waals surface area contributed by atoms with Gasteiger partial charge >= 0.3 is 10.1 Å². The number of hydrogen-bond donors (Lipinski definition) is 0. The molecule has 1 heterocycles. The Morgan fingerprint density at radius 3 is 2.38 bits per heavy atom. The highest BCUT2D eigenvalue weighted by Gasteiger charge is 2.35.